The molecule has 0 aromatic heterocycles. The van der Waals surface area contributed by atoms with Crippen molar-refractivity contribution >= 4 is 33.2 Å². The first-order valence-electron chi connectivity index (χ1n) is 6.49. The SMILES string of the molecule is CCC1CCN(S(=O)(=O)c2cc(CO)c(Cl)cc2Cl)C1. The highest BCUT2D eigenvalue weighted by molar-refractivity contribution is 7.89. The highest BCUT2D eigenvalue weighted by Crippen LogP contribution is 2.33. The summed E-state index contributed by atoms with van der Waals surface area (Å²) in [4.78, 5) is 0.0179. The Morgan fingerprint density at radius 2 is 2.05 bits per heavy atom. The van der Waals surface area contributed by atoms with Crippen molar-refractivity contribution in [3.63, 3.8) is 0 Å². The van der Waals surface area contributed by atoms with E-state index in [1.807, 2.05) is 0 Å². The smallest absolute Gasteiger partial charge is 0.244 e. The van der Waals surface area contributed by atoms with Crippen LogP contribution in [-0.4, -0.2) is 30.9 Å². The maximum atomic E-state index is 12.6. The normalized spacial score (nSPS) is 20.5. The lowest BCUT2D eigenvalue weighted by atomic mass is 10.1. The van der Waals surface area contributed by atoms with E-state index in [0.29, 0.717) is 24.6 Å². The minimum absolute atomic E-state index is 0.0179. The molecule has 1 aromatic rings. The second-order valence-corrected chi connectivity index (χ2v) is 7.68. The first-order valence-corrected chi connectivity index (χ1v) is 8.68. The molecule has 1 N–H and O–H groups in total. The largest absolute Gasteiger partial charge is 0.392 e. The molecule has 0 amide bonds. The molecule has 0 saturated carbocycles. The van der Waals surface area contributed by atoms with E-state index >= 15 is 0 Å². The van der Waals surface area contributed by atoms with Crippen molar-refractivity contribution in [2.75, 3.05) is 13.1 Å². The van der Waals surface area contributed by atoms with Crippen LogP contribution in [0.5, 0.6) is 0 Å². The van der Waals surface area contributed by atoms with Crippen molar-refractivity contribution < 1.29 is 13.5 Å². The molecule has 0 bridgehead atoms. The lowest BCUT2D eigenvalue weighted by Gasteiger charge is -2.18. The number of hydrogen-bond acceptors (Lipinski definition) is 3. The highest BCUT2D eigenvalue weighted by atomic mass is 35.5. The molecule has 0 aliphatic carbocycles. The number of nitrogens with zero attached hydrogens (tertiary/aromatic N) is 1. The fourth-order valence-electron chi connectivity index (χ4n) is 2.38. The maximum absolute atomic E-state index is 12.6. The van der Waals surface area contributed by atoms with Gasteiger partial charge in [-0.1, -0.05) is 36.5 Å². The van der Waals surface area contributed by atoms with Gasteiger partial charge in [-0.25, -0.2) is 8.42 Å². The number of halogens is 2. The zero-order valence-corrected chi connectivity index (χ0v) is 13.5. The van der Waals surface area contributed by atoms with Gasteiger partial charge in [-0.2, -0.15) is 4.31 Å². The third-order valence-corrected chi connectivity index (χ3v) is 6.40. The third kappa shape index (κ3) is 2.97. The summed E-state index contributed by atoms with van der Waals surface area (Å²) >= 11 is 11.9. The van der Waals surface area contributed by atoms with Gasteiger partial charge in [0.05, 0.1) is 11.6 Å². The average molecular weight is 338 g/mol. The highest BCUT2D eigenvalue weighted by Gasteiger charge is 2.33. The molecule has 7 heteroatoms. The van der Waals surface area contributed by atoms with E-state index in [0.717, 1.165) is 12.8 Å². The summed E-state index contributed by atoms with van der Waals surface area (Å²) in [5.41, 5.74) is 0.362. The minimum Gasteiger partial charge on any atom is -0.392 e. The standard InChI is InChI=1S/C13H17Cl2NO3S/c1-2-9-3-4-16(7-9)20(18,19)13-5-10(8-17)11(14)6-12(13)15/h5-6,9,17H,2-4,7-8H2,1H3. The Morgan fingerprint density at radius 1 is 1.35 bits per heavy atom. The van der Waals surface area contributed by atoms with Crippen molar-refractivity contribution in [1.82, 2.24) is 4.31 Å². The molecule has 0 spiro atoms. The average Bonchev–Trinajstić information content (AvgIpc) is 2.88. The Hall–Kier alpha value is -0.330. The number of aliphatic hydroxyl groups excluding tert-OH is 1. The molecule has 2 rings (SSSR count). The monoisotopic (exact) mass is 337 g/mol. The molecular formula is C13H17Cl2NO3S. The summed E-state index contributed by atoms with van der Waals surface area (Å²) < 4.78 is 26.7. The van der Waals surface area contributed by atoms with Gasteiger partial charge in [-0.3, -0.25) is 0 Å². The van der Waals surface area contributed by atoms with Gasteiger partial charge in [-0.05, 0) is 30.0 Å². The van der Waals surface area contributed by atoms with Crippen LogP contribution >= 0.6 is 23.2 Å². The second kappa shape index (κ2) is 6.20. The summed E-state index contributed by atoms with van der Waals surface area (Å²) in [6.45, 7) is 2.76. The van der Waals surface area contributed by atoms with Gasteiger partial charge >= 0.3 is 0 Å². The molecular weight excluding hydrogens is 321 g/mol. The Morgan fingerprint density at radius 3 is 2.60 bits per heavy atom. The van der Waals surface area contributed by atoms with Crippen molar-refractivity contribution in [2.24, 2.45) is 5.92 Å². The van der Waals surface area contributed by atoms with Crippen LogP contribution in [0, 0.1) is 5.92 Å². The molecule has 0 radical (unpaired) electrons. The van der Waals surface area contributed by atoms with Crippen LogP contribution in [0.3, 0.4) is 0 Å². The van der Waals surface area contributed by atoms with Gasteiger partial charge in [0.1, 0.15) is 4.90 Å². The molecule has 1 fully saturated rings. The van der Waals surface area contributed by atoms with Crippen LogP contribution in [0.4, 0.5) is 0 Å². The summed E-state index contributed by atoms with van der Waals surface area (Å²) in [5, 5.41) is 9.57. The van der Waals surface area contributed by atoms with E-state index in [9.17, 15) is 13.5 Å². The molecule has 1 aliphatic rings. The van der Waals surface area contributed by atoms with Gasteiger partial charge in [0.15, 0.2) is 0 Å². The zero-order valence-electron chi connectivity index (χ0n) is 11.1. The molecule has 1 heterocycles. The maximum Gasteiger partial charge on any atom is 0.244 e. The quantitative estimate of drug-likeness (QED) is 0.918. The summed E-state index contributed by atoms with van der Waals surface area (Å²) in [7, 11) is -3.63. The summed E-state index contributed by atoms with van der Waals surface area (Å²) in [5.74, 6) is 0.396. The van der Waals surface area contributed by atoms with E-state index < -0.39 is 10.0 Å². The van der Waals surface area contributed by atoms with Gasteiger partial charge in [-0.15, -0.1) is 0 Å². The fraction of sp³-hybridized carbons (Fsp3) is 0.538. The van der Waals surface area contributed by atoms with E-state index in [4.69, 9.17) is 23.2 Å². The van der Waals surface area contributed by atoms with Crippen molar-refractivity contribution in [2.45, 2.75) is 31.3 Å². The van der Waals surface area contributed by atoms with Gasteiger partial charge in [0.2, 0.25) is 10.0 Å². The molecule has 1 aromatic carbocycles. The van der Waals surface area contributed by atoms with E-state index in [1.54, 1.807) is 0 Å². The van der Waals surface area contributed by atoms with Crippen LogP contribution in [0.2, 0.25) is 10.0 Å². The van der Waals surface area contributed by atoms with Crippen LogP contribution in [-0.2, 0) is 16.6 Å². The van der Waals surface area contributed by atoms with Gasteiger partial charge in [0.25, 0.3) is 0 Å². The second-order valence-electron chi connectivity index (χ2n) is 4.96. The Labute approximate surface area is 129 Å². The summed E-state index contributed by atoms with van der Waals surface area (Å²) in [6, 6.07) is 2.73. The van der Waals surface area contributed by atoms with E-state index in [-0.39, 0.29) is 21.5 Å². The molecule has 1 saturated heterocycles. The van der Waals surface area contributed by atoms with Crippen LogP contribution in [0.25, 0.3) is 0 Å². The zero-order chi connectivity index (χ0) is 14.9. The number of hydrogen-bond donors (Lipinski definition) is 1. The summed E-state index contributed by atoms with van der Waals surface area (Å²) in [6.07, 6.45) is 1.83. The lowest BCUT2D eigenvalue weighted by Crippen LogP contribution is -2.29. The molecule has 1 unspecified atom stereocenters. The van der Waals surface area contributed by atoms with Crippen LogP contribution < -0.4 is 0 Å². The number of aliphatic hydroxyl groups is 1. The van der Waals surface area contributed by atoms with Crippen LogP contribution in [0.1, 0.15) is 25.3 Å². The lowest BCUT2D eigenvalue weighted by molar-refractivity contribution is 0.281. The van der Waals surface area contributed by atoms with E-state index in [1.165, 1.54) is 16.4 Å². The van der Waals surface area contributed by atoms with Crippen LogP contribution in [0.15, 0.2) is 17.0 Å². The van der Waals surface area contributed by atoms with Gasteiger partial charge < -0.3 is 5.11 Å². The molecule has 20 heavy (non-hydrogen) atoms. The Kier molecular flexibility index (Phi) is 4.97. The predicted molar refractivity (Wildman–Crippen MR) is 79.5 cm³/mol. The van der Waals surface area contributed by atoms with Gasteiger partial charge in [0, 0.05) is 18.1 Å². The Balaban J connectivity index is 2.40. The molecule has 4 nitrogen and oxygen atoms in total. The third-order valence-electron chi connectivity index (χ3n) is 3.72. The van der Waals surface area contributed by atoms with E-state index in [2.05, 4.69) is 6.92 Å². The molecule has 112 valence electrons. The topological polar surface area (TPSA) is 57.6 Å². The number of sulfonamides is 1. The predicted octanol–water partition coefficient (Wildman–Crippen LogP) is 2.91. The first-order chi connectivity index (χ1) is 9.40. The molecule has 1 atom stereocenters. The Bertz CT molecular complexity index is 604. The van der Waals surface area contributed by atoms with Crippen molar-refractivity contribution in [3.05, 3.63) is 27.7 Å². The molecule has 1 aliphatic heterocycles. The fourth-order valence-corrected chi connectivity index (χ4v) is 4.74. The minimum atomic E-state index is -3.63. The first kappa shape index (κ1) is 16.0. The number of rotatable bonds is 4. The van der Waals surface area contributed by atoms with Crippen molar-refractivity contribution in [1.29, 1.82) is 0 Å². The number of benzene rings is 1. The van der Waals surface area contributed by atoms with Crippen molar-refractivity contribution in [3.8, 4) is 0 Å².